The summed E-state index contributed by atoms with van der Waals surface area (Å²) < 4.78 is 96.7. The number of hydrogen-bond acceptors (Lipinski definition) is 2. The van der Waals surface area contributed by atoms with Gasteiger partial charge in [-0.05, 0) is 71.9 Å². The molecule has 2 aliphatic rings. The summed E-state index contributed by atoms with van der Waals surface area (Å²) in [5.74, 6) is 2.42. The van der Waals surface area contributed by atoms with E-state index in [1.165, 1.54) is 16.7 Å². The Balaban J connectivity index is 1.39. The van der Waals surface area contributed by atoms with Gasteiger partial charge in [-0.1, -0.05) is 36.4 Å². The molecule has 6 aromatic rings. The van der Waals surface area contributed by atoms with E-state index in [0.29, 0.717) is 39.5 Å². The van der Waals surface area contributed by atoms with Crippen molar-refractivity contribution in [3.05, 3.63) is 108 Å². The van der Waals surface area contributed by atoms with E-state index in [1.54, 1.807) is 12.1 Å². The third-order valence-corrected chi connectivity index (χ3v) is 8.20. The smallest absolute Gasteiger partial charge is 0.416 e. The van der Waals surface area contributed by atoms with Crippen LogP contribution in [0.4, 0.5) is 26.3 Å². The largest absolute Gasteiger partial charge is 0.458 e. The van der Waals surface area contributed by atoms with Gasteiger partial charge in [-0.25, -0.2) is 0 Å². The number of aryl methyl sites for hydroxylation is 1. The Bertz CT molecular complexity index is 2080. The van der Waals surface area contributed by atoms with E-state index < -0.39 is 23.5 Å². The molecule has 0 radical (unpaired) electrons. The van der Waals surface area contributed by atoms with E-state index in [1.807, 2.05) is 49.4 Å². The molecule has 0 atom stereocenters. The molecule has 5 aromatic carbocycles. The summed E-state index contributed by atoms with van der Waals surface area (Å²) in [7, 11) is 0. The number of ether oxygens (including phenoxy) is 2. The van der Waals surface area contributed by atoms with Crippen LogP contribution in [0.5, 0.6) is 23.0 Å². The average molecular weight is 585 g/mol. The highest BCUT2D eigenvalue weighted by Crippen LogP contribution is 2.41. The second kappa shape index (κ2) is 8.59. The SMILES string of the molecule is Cc1cc2c3c(c1)Oc1cc(-n4c5cc(C(F)(F)F)ccc5c5ccc(C(F)(F)F)cc54)ccc1B3c1ccccc1O2. The highest BCUT2D eigenvalue weighted by atomic mass is 19.4. The van der Waals surface area contributed by atoms with Crippen LogP contribution in [0.2, 0.25) is 0 Å². The Kier molecular flexibility index (Phi) is 5.16. The summed E-state index contributed by atoms with van der Waals surface area (Å²) in [4.78, 5) is 0. The lowest BCUT2D eigenvalue weighted by Crippen LogP contribution is -2.57. The van der Waals surface area contributed by atoms with Gasteiger partial charge in [-0.2, -0.15) is 26.3 Å². The van der Waals surface area contributed by atoms with Crippen molar-refractivity contribution in [2.75, 3.05) is 0 Å². The van der Waals surface area contributed by atoms with E-state index in [4.69, 9.17) is 9.47 Å². The number of hydrogen-bond donors (Lipinski definition) is 0. The van der Waals surface area contributed by atoms with Gasteiger partial charge in [0.2, 0.25) is 0 Å². The highest BCUT2D eigenvalue weighted by Gasteiger charge is 2.40. The Labute approximate surface area is 241 Å². The second-order valence-corrected chi connectivity index (χ2v) is 10.9. The van der Waals surface area contributed by atoms with Crippen molar-refractivity contribution in [1.29, 1.82) is 0 Å². The molecule has 0 bridgehead atoms. The molecule has 0 spiro atoms. The third kappa shape index (κ3) is 3.85. The topological polar surface area (TPSA) is 23.4 Å². The first kappa shape index (κ1) is 25.8. The van der Waals surface area contributed by atoms with Crippen molar-refractivity contribution in [2.24, 2.45) is 0 Å². The van der Waals surface area contributed by atoms with Gasteiger partial charge in [0.1, 0.15) is 23.0 Å². The molecule has 0 N–H and O–H groups in total. The molecule has 2 aliphatic heterocycles. The number of nitrogens with zero attached hydrogens (tertiary/aromatic N) is 1. The van der Waals surface area contributed by atoms with Gasteiger partial charge in [-0.3, -0.25) is 0 Å². The summed E-state index contributed by atoms with van der Waals surface area (Å²) in [5.41, 5.74) is 2.36. The van der Waals surface area contributed by atoms with Crippen LogP contribution in [0.3, 0.4) is 0 Å². The molecule has 0 aliphatic carbocycles. The third-order valence-electron chi connectivity index (χ3n) is 8.20. The lowest BCUT2D eigenvalue weighted by Gasteiger charge is -2.33. The van der Waals surface area contributed by atoms with E-state index in [0.717, 1.165) is 46.2 Å². The molecule has 1 aromatic heterocycles. The normalized spacial score (nSPS) is 13.8. The zero-order valence-electron chi connectivity index (χ0n) is 22.3. The van der Waals surface area contributed by atoms with Gasteiger partial charge in [0.15, 0.2) is 0 Å². The Morgan fingerprint density at radius 1 is 0.581 bits per heavy atom. The van der Waals surface area contributed by atoms with Crippen LogP contribution >= 0.6 is 0 Å². The number of benzene rings is 5. The summed E-state index contributed by atoms with van der Waals surface area (Å²) in [6.07, 6.45) is -9.28. The van der Waals surface area contributed by atoms with Crippen molar-refractivity contribution in [3.8, 4) is 28.7 Å². The van der Waals surface area contributed by atoms with Gasteiger partial charge in [-0.15, -0.1) is 0 Å². The van der Waals surface area contributed by atoms with Gasteiger partial charge in [0.25, 0.3) is 6.71 Å². The number of fused-ring (bicyclic) bond motifs is 7. The lowest BCUT2D eigenvalue weighted by atomic mass is 9.35. The first-order chi connectivity index (χ1) is 20.5. The molecule has 0 saturated heterocycles. The molecule has 10 heteroatoms. The van der Waals surface area contributed by atoms with Crippen LogP contribution in [0.15, 0.2) is 91.0 Å². The summed E-state index contributed by atoms with van der Waals surface area (Å²) in [5, 5.41) is 0.804. The van der Waals surface area contributed by atoms with E-state index in [-0.39, 0.29) is 17.7 Å². The average Bonchev–Trinajstić information content (AvgIpc) is 3.28. The Morgan fingerprint density at radius 3 is 1.74 bits per heavy atom. The maximum absolute atomic E-state index is 13.8. The van der Waals surface area contributed by atoms with E-state index in [9.17, 15) is 26.3 Å². The summed E-state index contributed by atoms with van der Waals surface area (Å²) >= 11 is 0. The van der Waals surface area contributed by atoms with Crippen molar-refractivity contribution in [2.45, 2.75) is 19.3 Å². The van der Waals surface area contributed by atoms with Crippen LogP contribution in [-0.2, 0) is 12.4 Å². The Morgan fingerprint density at radius 2 is 1.14 bits per heavy atom. The quantitative estimate of drug-likeness (QED) is 0.145. The van der Waals surface area contributed by atoms with Crippen LogP contribution in [0.25, 0.3) is 27.5 Å². The first-order valence-corrected chi connectivity index (χ1v) is 13.4. The zero-order valence-corrected chi connectivity index (χ0v) is 22.3. The van der Waals surface area contributed by atoms with E-state index in [2.05, 4.69) is 0 Å². The fourth-order valence-corrected chi connectivity index (χ4v) is 6.35. The van der Waals surface area contributed by atoms with Gasteiger partial charge in [0.05, 0.1) is 22.2 Å². The number of rotatable bonds is 1. The first-order valence-electron chi connectivity index (χ1n) is 13.4. The molecule has 8 rings (SSSR count). The molecule has 3 heterocycles. The maximum Gasteiger partial charge on any atom is 0.416 e. The molecular weight excluding hydrogens is 567 g/mol. The lowest BCUT2D eigenvalue weighted by molar-refractivity contribution is -0.138. The monoisotopic (exact) mass is 585 g/mol. The molecule has 0 fully saturated rings. The molecule has 3 nitrogen and oxygen atoms in total. The van der Waals surface area contributed by atoms with Crippen molar-refractivity contribution >= 4 is 44.9 Å². The van der Waals surface area contributed by atoms with Gasteiger partial charge >= 0.3 is 12.4 Å². The van der Waals surface area contributed by atoms with Gasteiger partial charge < -0.3 is 14.0 Å². The molecule has 43 heavy (non-hydrogen) atoms. The number of alkyl halides is 6. The minimum atomic E-state index is -4.64. The van der Waals surface area contributed by atoms with Crippen LogP contribution < -0.4 is 25.9 Å². The molecule has 0 amide bonds. The molecule has 0 saturated carbocycles. The Hall–Kier alpha value is -4.86. The van der Waals surface area contributed by atoms with Crippen molar-refractivity contribution in [3.63, 3.8) is 0 Å². The van der Waals surface area contributed by atoms with Crippen molar-refractivity contribution < 1.29 is 35.8 Å². The summed E-state index contributed by atoms with van der Waals surface area (Å²) in [6.45, 7) is 1.68. The maximum atomic E-state index is 13.8. The van der Waals surface area contributed by atoms with Crippen LogP contribution in [0.1, 0.15) is 16.7 Å². The van der Waals surface area contributed by atoms with E-state index >= 15 is 0 Å². The highest BCUT2D eigenvalue weighted by molar-refractivity contribution is 6.98. The minimum absolute atomic E-state index is 0.134. The molecular formula is C33H18BF6NO2. The number of halogens is 6. The van der Waals surface area contributed by atoms with Crippen LogP contribution in [-0.4, -0.2) is 11.3 Å². The molecule has 0 unspecified atom stereocenters. The number of aromatic nitrogens is 1. The summed E-state index contributed by atoms with van der Waals surface area (Å²) in [6, 6.07) is 23.2. The fourth-order valence-electron chi connectivity index (χ4n) is 6.35. The predicted octanol–water partition coefficient (Wildman–Crippen LogP) is 7.86. The molecule has 212 valence electrons. The standard InChI is InChI=1S/C33H18BF6NO2/c1-17-12-29-31-30(13-17)43-28-16-20(8-11-24(28)34(31)23-4-2-3-5-27(23)42-29)41-25-14-18(32(35,36)37)6-9-21(25)22-10-7-19(15-26(22)41)33(38,39)40/h2-16H,1H3. The fraction of sp³-hybridized carbons (Fsp3) is 0.0909. The van der Waals surface area contributed by atoms with Gasteiger partial charge in [0, 0.05) is 28.0 Å². The predicted molar refractivity (Wildman–Crippen MR) is 153 cm³/mol. The second-order valence-electron chi connectivity index (χ2n) is 10.9. The minimum Gasteiger partial charge on any atom is -0.458 e. The zero-order chi connectivity index (χ0) is 29.8. The van der Waals surface area contributed by atoms with Crippen molar-refractivity contribution in [1.82, 2.24) is 4.57 Å². The van der Waals surface area contributed by atoms with Crippen LogP contribution in [0, 0.1) is 6.92 Å². The number of para-hydroxylation sites is 1.